The molecule has 37 heavy (non-hydrogen) atoms. The number of ether oxygens (including phenoxy) is 1. The Morgan fingerprint density at radius 1 is 1.08 bits per heavy atom. The van der Waals surface area contributed by atoms with Crippen LogP contribution in [-0.2, 0) is 25.7 Å². The van der Waals surface area contributed by atoms with E-state index in [1.165, 1.54) is 12.2 Å². The van der Waals surface area contributed by atoms with Crippen molar-refractivity contribution in [1.82, 2.24) is 24.4 Å². The van der Waals surface area contributed by atoms with Gasteiger partial charge in [0.2, 0.25) is 5.95 Å². The lowest BCUT2D eigenvalue weighted by Gasteiger charge is -2.19. The lowest BCUT2D eigenvalue weighted by molar-refractivity contribution is -0.145. The van der Waals surface area contributed by atoms with Crippen LogP contribution in [-0.4, -0.2) is 61.4 Å². The summed E-state index contributed by atoms with van der Waals surface area (Å²) >= 11 is 0. The maximum Gasteiger partial charge on any atom is 0.307 e. The highest BCUT2D eigenvalue weighted by Gasteiger charge is 2.24. The first-order valence-electron chi connectivity index (χ1n) is 12.3. The van der Waals surface area contributed by atoms with Crippen LogP contribution in [0.3, 0.4) is 0 Å². The summed E-state index contributed by atoms with van der Waals surface area (Å²) in [5.74, 6) is -0.331. The van der Waals surface area contributed by atoms with Gasteiger partial charge in [-0.3, -0.25) is 19.3 Å². The molecule has 1 aromatic carbocycles. The Balaban J connectivity index is 1.43. The number of imide groups is 1. The maximum absolute atomic E-state index is 12.2. The van der Waals surface area contributed by atoms with E-state index in [1.807, 2.05) is 41.8 Å². The first-order valence-corrected chi connectivity index (χ1v) is 12.3. The molecular weight excluding hydrogens is 474 g/mol. The number of anilines is 2. The number of hydrogen-bond donors (Lipinski definition) is 2. The number of rotatable bonds is 12. The third kappa shape index (κ3) is 6.29. The lowest BCUT2D eigenvalue weighted by atomic mass is 10.2. The fourth-order valence-corrected chi connectivity index (χ4v) is 3.83. The molecule has 0 unspecified atom stereocenters. The molecule has 0 aliphatic carbocycles. The van der Waals surface area contributed by atoms with Crippen LogP contribution < -0.4 is 10.6 Å². The summed E-state index contributed by atoms with van der Waals surface area (Å²) in [6, 6.07) is 9.92. The maximum atomic E-state index is 12.2. The summed E-state index contributed by atoms with van der Waals surface area (Å²) in [4.78, 5) is 50.4. The molecule has 3 heterocycles. The molecule has 1 aliphatic heterocycles. The first-order chi connectivity index (χ1) is 17.9. The molecule has 0 radical (unpaired) electrons. The van der Waals surface area contributed by atoms with Crippen molar-refractivity contribution in [2.75, 3.05) is 23.8 Å². The van der Waals surface area contributed by atoms with Gasteiger partial charge in [0.05, 0.1) is 18.8 Å². The highest BCUT2D eigenvalue weighted by molar-refractivity contribution is 6.13. The molecular formula is C26H31N7O4. The Bertz CT molecular complexity index is 1290. The van der Waals surface area contributed by atoms with Crippen LogP contribution in [0.15, 0.2) is 48.8 Å². The number of benzene rings is 1. The molecule has 3 aromatic rings. The van der Waals surface area contributed by atoms with E-state index in [0.29, 0.717) is 35.9 Å². The largest absolute Gasteiger partial charge is 0.463 e. The van der Waals surface area contributed by atoms with Gasteiger partial charge in [-0.25, -0.2) is 4.98 Å². The monoisotopic (exact) mass is 505 g/mol. The van der Waals surface area contributed by atoms with Crippen LogP contribution in [0.25, 0.3) is 11.2 Å². The van der Waals surface area contributed by atoms with Gasteiger partial charge in [0.25, 0.3) is 11.8 Å². The number of aromatic nitrogens is 4. The summed E-state index contributed by atoms with van der Waals surface area (Å²) in [6.07, 6.45) is 4.72. The van der Waals surface area contributed by atoms with Crippen molar-refractivity contribution in [3.63, 3.8) is 0 Å². The molecule has 4 rings (SSSR count). The predicted octanol–water partition coefficient (Wildman–Crippen LogP) is 3.07. The van der Waals surface area contributed by atoms with Crippen LogP contribution in [0.1, 0.15) is 45.2 Å². The highest BCUT2D eigenvalue weighted by Crippen LogP contribution is 2.24. The van der Waals surface area contributed by atoms with E-state index >= 15 is 0 Å². The van der Waals surface area contributed by atoms with E-state index in [1.54, 1.807) is 6.33 Å². The molecule has 0 saturated heterocycles. The minimum atomic E-state index is -0.493. The molecule has 194 valence electrons. The predicted molar refractivity (Wildman–Crippen MR) is 139 cm³/mol. The quantitative estimate of drug-likeness (QED) is 0.282. The van der Waals surface area contributed by atoms with Gasteiger partial charge in [0.1, 0.15) is 6.61 Å². The zero-order chi connectivity index (χ0) is 26.4. The number of nitrogens with one attached hydrogen (secondary N) is 2. The minimum absolute atomic E-state index is 0.0108. The third-order valence-corrected chi connectivity index (χ3v) is 5.99. The number of amides is 2. The standard InChI is InChI=1S/C26H31N7O4/c1-4-19(15-37-22(36)12-13-32-20(34)10-11-21(32)35)29-26-30-24(27-14-18-8-6-5-7-9-18)23-25(31-26)33(16-28-23)17(2)3/h5-11,16-17,19H,4,12-15H2,1-3H3,(H2,27,29,30,31)/t19-/m1/s1. The normalized spacial score (nSPS) is 14.0. The topological polar surface area (TPSA) is 131 Å². The molecule has 11 heteroatoms. The second-order valence-electron chi connectivity index (χ2n) is 9.00. The van der Waals surface area contributed by atoms with Crippen molar-refractivity contribution in [2.24, 2.45) is 0 Å². The summed E-state index contributed by atoms with van der Waals surface area (Å²) in [7, 11) is 0. The lowest BCUT2D eigenvalue weighted by Crippen LogP contribution is -2.33. The van der Waals surface area contributed by atoms with E-state index < -0.39 is 17.8 Å². The van der Waals surface area contributed by atoms with E-state index in [4.69, 9.17) is 9.72 Å². The molecule has 2 amide bonds. The molecule has 2 N–H and O–H groups in total. The SMILES string of the molecule is CC[C@H](COC(=O)CCN1C(=O)C=CC1=O)Nc1nc(NCc2ccccc2)c2ncn(C(C)C)c2n1. The van der Waals surface area contributed by atoms with Crippen molar-refractivity contribution < 1.29 is 19.1 Å². The molecule has 1 aliphatic rings. The zero-order valence-electron chi connectivity index (χ0n) is 21.2. The Morgan fingerprint density at radius 3 is 2.49 bits per heavy atom. The number of fused-ring (bicyclic) bond motifs is 1. The van der Waals surface area contributed by atoms with Crippen molar-refractivity contribution in [1.29, 1.82) is 0 Å². The van der Waals surface area contributed by atoms with E-state index in [2.05, 4.69) is 34.4 Å². The second kappa shape index (κ2) is 11.6. The highest BCUT2D eigenvalue weighted by atomic mass is 16.5. The number of carbonyl (C=O) groups excluding carboxylic acids is 3. The molecule has 2 aromatic heterocycles. The van der Waals surface area contributed by atoms with Crippen LogP contribution in [0.5, 0.6) is 0 Å². The number of esters is 1. The average Bonchev–Trinajstić information content (AvgIpc) is 3.47. The van der Waals surface area contributed by atoms with Crippen molar-refractivity contribution in [3.8, 4) is 0 Å². The number of hydrogen-bond acceptors (Lipinski definition) is 9. The molecule has 0 spiro atoms. The van der Waals surface area contributed by atoms with Gasteiger partial charge >= 0.3 is 5.97 Å². The van der Waals surface area contributed by atoms with E-state index in [-0.39, 0.29) is 31.7 Å². The smallest absolute Gasteiger partial charge is 0.307 e. The van der Waals surface area contributed by atoms with E-state index in [9.17, 15) is 14.4 Å². The van der Waals surface area contributed by atoms with Gasteiger partial charge < -0.3 is 19.9 Å². The van der Waals surface area contributed by atoms with E-state index in [0.717, 1.165) is 10.5 Å². The molecule has 11 nitrogen and oxygen atoms in total. The second-order valence-corrected chi connectivity index (χ2v) is 9.00. The van der Waals surface area contributed by atoms with Gasteiger partial charge in [-0.15, -0.1) is 0 Å². The Labute approximate surface area is 214 Å². The fourth-order valence-electron chi connectivity index (χ4n) is 3.83. The van der Waals surface area contributed by atoms with Crippen LogP contribution in [0.4, 0.5) is 11.8 Å². The van der Waals surface area contributed by atoms with Crippen LogP contribution in [0.2, 0.25) is 0 Å². The molecule has 0 bridgehead atoms. The molecule has 1 atom stereocenters. The Kier molecular flexibility index (Phi) is 8.11. The third-order valence-electron chi connectivity index (χ3n) is 5.99. The van der Waals surface area contributed by atoms with Gasteiger partial charge in [0.15, 0.2) is 17.0 Å². The number of nitrogens with zero attached hydrogens (tertiary/aromatic N) is 5. The Hall–Kier alpha value is -4.28. The molecule has 0 saturated carbocycles. The van der Waals surface area contributed by atoms with Crippen molar-refractivity contribution in [2.45, 2.75) is 52.2 Å². The van der Waals surface area contributed by atoms with Gasteiger partial charge in [0, 0.05) is 31.3 Å². The van der Waals surface area contributed by atoms with Gasteiger partial charge in [-0.05, 0) is 25.8 Å². The zero-order valence-corrected chi connectivity index (χ0v) is 21.2. The fraction of sp³-hybridized carbons (Fsp3) is 0.385. The summed E-state index contributed by atoms with van der Waals surface area (Å²) in [6.45, 7) is 6.73. The average molecular weight is 506 g/mol. The molecule has 0 fully saturated rings. The Morgan fingerprint density at radius 2 is 1.81 bits per heavy atom. The van der Waals surface area contributed by atoms with Crippen molar-refractivity contribution >= 4 is 40.7 Å². The first kappa shape index (κ1) is 25.8. The van der Waals surface area contributed by atoms with Gasteiger partial charge in [-0.1, -0.05) is 37.3 Å². The summed E-state index contributed by atoms with van der Waals surface area (Å²) < 4.78 is 7.39. The summed E-state index contributed by atoms with van der Waals surface area (Å²) in [5.41, 5.74) is 2.48. The van der Waals surface area contributed by atoms with Crippen LogP contribution in [0, 0.1) is 0 Å². The summed E-state index contributed by atoms with van der Waals surface area (Å²) in [5, 5.41) is 6.64. The van der Waals surface area contributed by atoms with Gasteiger partial charge in [-0.2, -0.15) is 9.97 Å². The minimum Gasteiger partial charge on any atom is -0.463 e. The van der Waals surface area contributed by atoms with Crippen molar-refractivity contribution in [3.05, 3.63) is 54.4 Å². The number of imidazole rings is 1. The number of carbonyl (C=O) groups is 3. The van der Waals surface area contributed by atoms with Crippen LogP contribution >= 0.6 is 0 Å².